The minimum atomic E-state index is -1.84. The number of fused-ring (bicyclic) bond motifs is 2. The smallest absolute Gasteiger partial charge is 0.296 e. The Labute approximate surface area is 214 Å². The van der Waals surface area contributed by atoms with Crippen molar-refractivity contribution in [3.05, 3.63) is 83.7 Å². The highest BCUT2D eigenvalue weighted by Gasteiger charge is 2.66. The monoisotopic (exact) mass is 505 g/mol. The van der Waals surface area contributed by atoms with E-state index < -0.39 is 34.7 Å². The number of anilines is 1. The minimum Gasteiger partial charge on any atom is -0.507 e. The van der Waals surface area contributed by atoms with E-state index in [1.807, 2.05) is 0 Å². The second-order valence-corrected chi connectivity index (χ2v) is 9.26. The van der Waals surface area contributed by atoms with Crippen molar-refractivity contribution in [1.29, 1.82) is 0 Å². The number of likely N-dealkylation sites (tertiary alicyclic amines) is 1. The number of ketones is 1. The molecule has 1 atom stereocenters. The van der Waals surface area contributed by atoms with E-state index >= 15 is 0 Å². The van der Waals surface area contributed by atoms with Crippen molar-refractivity contribution in [3.63, 3.8) is 0 Å². The summed E-state index contributed by atoms with van der Waals surface area (Å²) in [6.45, 7) is 7.50. The first-order chi connectivity index (χ1) is 17.9. The predicted octanol–water partition coefficient (Wildman–Crippen LogP) is 2.66. The van der Waals surface area contributed by atoms with Crippen LogP contribution in [0.25, 0.3) is 5.76 Å². The van der Waals surface area contributed by atoms with Gasteiger partial charge in [0.1, 0.15) is 11.6 Å². The summed E-state index contributed by atoms with van der Waals surface area (Å²) in [5, 5.41) is 11.4. The maximum absolute atomic E-state index is 14.2. The molecule has 9 heteroatoms. The Morgan fingerprint density at radius 3 is 2.46 bits per heavy atom. The van der Waals surface area contributed by atoms with E-state index in [0.717, 1.165) is 25.2 Å². The Morgan fingerprint density at radius 2 is 1.76 bits per heavy atom. The number of rotatable bonds is 7. The van der Waals surface area contributed by atoms with Gasteiger partial charge in [-0.05, 0) is 36.8 Å². The molecule has 0 aromatic heterocycles. The average molecular weight is 506 g/mol. The van der Waals surface area contributed by atoms with Crippen LogP contribution in [0, 0.1) is 5.82 Å². The van der Waals surface area contributed by atoms with E-state index in [4.69, 9.17) is 4.74 Å². The fourth-order valence-electron chi connectivity index (χ4n) is 5.51. The zero-order chi connectivity index (χ0) is 26.2. The standard InChI is InChI=1S/C28H28FN3O5/c1-2-12-31-22-7-4-3-6-21(22)28(27(31)36)23(24(33)19-8-10-20(29)11-9-19)25(34)26(35)32(28)14-5-13-30-15-17-37-18-16-30/h2-4,6-11,33H,1,5,12-18H2/t28-/m1/s1. The number of para-hydroxylation sites is 1. The molecule has 3 aliphatic rings. The number of carbonyl (C=O) groups excluding carboxylic acids is 3. The summed E-state index contributed by atoms with van der Waals surface area (Å²) < 4.78 is 19.0. The highest BCUT2D eigenvalue weighted by Crippen LogP contribution is 2.53. The van der Waals surface area contributed by atoms with E-state index in [2.05, 4.69) is 11.5 Å². The maximum Gasteiger partial charge on any atom is 0.296 e. The second kappa shape index (κ2) is 9.91. The van der Waals surface area contributed by atoms with Crippen molar-refractivity contribution in [2.24, 2.45) is 0 Å². The Kier molecular flexibility index (Phi) is 6.66. The molecule has 192 valence electrons. The van der Waals surface area contributed by atoms with E-state index in [1.54, 1.807) is 30.3 Å². The minimum absolute atomic E-state index is 0.129. The van der Waals surface area contributed by atoms with Gasteiger partial charge in [0.05, 0.1) is 24.5 Å². The number of ether oxygens (including phenoxy) is 1. The number of nitrogens with zero attached hydrogens (tertiary/aromatic N) is 3. The van der Waals surface area contributed by atoms with Crippen LogP contribution in [-0.4, -0.2) is 78.4 Å². The number of benzene rings is 2. The van der Waals surface area contributed by atoms with Gasteiger partial charge in [-0.3, -0.25) is 19.3 Å². The molecule has 2 aromatic carbocycles. The zero-order valence-corrected chi connectivity index (χ0v) is 20.4. The van der Waals surface area contributed by atoms with Crippen molar-refractivity contribution in [1.82, 2.24) is 9.80 Å². The van der Waals surface area contributed by atoms with Crippen LogP contribution in [0.4, 0.5) is 10.1 Å². The maximum atomic E-state index is 14.2. The zero-order valence-electron chi connectivity index (χ0n) is 20.4. The SMILES string of the molecule is C=CCN1C(=O)[C@]2(C(=C(O)c3ccc(F)cc3)C(=O)C(=O)N2CCCN2CCOCC2)c2ccccc21. The highest BCUT2D eigenvalue weighted by atomic mass is 19.1. The van der Waals surface area contributed by atoms with Crippen LogP contribution in [0.3, 0.4) is 0 Å². The quantitative estimate of drug-likeness (QED) is 0.269. The van der Waals surface area contributed by atoms with Gasteiger partial charge >= 0.3 is 0 Å². The van der Waals surface area contributed by atoms with Gasteiger partial charge in [-0.25, -0.2) is 4.39 Å². The first kappa shape index (κ1) is 24.9. The molecular formula is C28H28FN3O5. The molecule has 2 saturated heterocycles. The van der Waals surface area contributed by atoms with Crippen LogP contribution >= 0.6 is 0 Å². The summed E-state index contributed by atoms with van der Waals surface area (Å²) in [5.74, 6) is -3.35. The topological polar surface area (TPSA) is 90.4 Å². The van der Waals surface area contributed by atoms with E-state index in [-0.39, 0.29) is 24.2 Å². The van der Waals surface area contributed by atoms with E-state index in [9.17, 15) is 23.9 Å². The summed E-state index contributed by atoms with van der Waals surface area (Å²) >= 11 is 0. The lowest BCUT2D eigenvalue weighted by Gasteiger charge is -2.35. The van der Waals surface area contributed by atoms with Crippen LogP contribution in [0.15, 0.2) is 66.8 Å². The Hall–Kier alpha value is -3.82. The molecule has 0 unspecified atom stereocenters. The van der Waals surface area contributed by atoms with E-state index in [1.165, 1.54) is 21.9 Å². The highest BCUT2D eigenvalue weighted by molar-refractivity contribution is 6.50. The van der Waals surface area contributed by atoms with Crippen LogP contribution in [0.5, 0.6) is 0 Å². The molecule has 2 aromatic rings. The third-order valence-corrected chi connectivity index (χ3v) is 7.20. The van der Waals surface area contributed by atoms with Crippen LogP contribution in [0.1, 0.15) is 17.5 Å². The van der Waals surface area contributed by atoms with Crippen molar-refractivity contribution < 1.29 is 28.6 Å². The molecule has 0 saturated carbocycles. The number of amides is 2. The number of carbonyl (C=O) groups is 3. The lowest BCUT2D eigenvalue weighted by molar-refractivity contribution is -0.143. The number of Topliss-reactive ketones (excluding diaryl/α,β-unsaturated/α-hetero) is 1. The first-order valence-electron chi connectivity index (χ1n) is 12.3. The second-order valence-electron chi connectivity index (χ2n) is 9.26. The lowest BCUT2D eigenvalue weighted by atomic mass is 9.82. The Balaban J connectivity index is 1.65. The van der Waals surface area contributed by atoms with Crippen molar-refractivity contribution in [2.75, 3.05) is 50.8 Å². The largest absolute Gasteiger partial charge is 0.507 e. The molecule has 8 nitrogen and oxygen atoms in total. The normalized spacial score (nSPS) is 23.2. The molecule has 0 radical (unpaired) electrons. The molecular weight excluding hydrogens is 477 g/mol. The molecule has 1 N–H and O–H groups in total. The summed E-state index contributed by atoms with van der Waals surface area (Å²) in [4.78, 5) is 46.3. The summed E-state index contributed by atoms with van der Waals surface area (Å²) in [5.41, 5.74) is -1.02. The van der Waals surface area contributed by atoms with Gasteiger partial charge in [0, 0.05) is 43.9 Å². The average Bonchev–Trinajstić information content (AvgIpc) is 3.28. The van der Waals surface area contributed by atoms with Crippen LogP contribution in [-0.2, 0) is 24.7 Å². The van der Waals surface area contributed by atoms with E-state index in [0.29, 0.717) is 37.4 Å². The van der Waals surface area contributed by atoms with Crippen LogP contribution < -0.4 is 4.90 Å². The molecule has 0 aliphatic carbocycles. The molecule has 5 rings (SSSR count). The van der Waals surface area contributed by atoms with Crippen LogP contribution in [0.2, 0.25) is 0 Å². The lowest BCUT2D eigenvalue weighted by Crippen LogP contribution is -2.52. The number of hydrogen-bond donors (Lipinski definition) is 1. The van der Waals surface area contributed by atoms with Gasteiger partial charge < -0.3 is 19.6 Å². The number of morpholine rings is 1. The Bertz CT molecular complexity index is 1280. The third kappa shape index (κ3) is 3.95. The molecule has 37 heavy (non-hydrogen) atoms. The number of aliphatic hydroxyl groups excluding tert-OH is 1. The summed E-state index contributed by atoms with van der Waals surface area (Å²) in [6, 6.07) is 11.9. The fourth-order valence-corrected chi connectivity index (χ4v) is 5.51. The number of halogens is 1. The summed E-state index contributed by atoms with van der Waals surface area (Å²) in [6.07, 6.45) is 2.08. The van der Waals surface area contributed by atoms with Gasteiger partial charge in [0.25, 0.3) is 17.6 Å². The fraction of sp³-hybridized carbons (Fsp3) is 0.321. The molecule has 3 heterocycles. The molecule has 2 amide bonds. The number of aliphatic hydroxyl groups is 1. The molecule has 1 spiro atoms. The van der Waals surface area contributed by atoms with Gasteiger partial charge in [-0.1, -0.05) is 24.3 Å². The summed E-state index contributed by atoms with van der Waals surface area (Å²) in [7, 11) is 0. The third-order valence-electron chi connectivity index (χ3n) is 7.20. The Morgan fingerprint density at radius 1 is 1.05 bits per heavy atom. The van der Waals surface area contributed by atoms with Crippen molar-refractivity contribution >= 4 is 29.0 Å². The van der Waals surface area contributed by atoms with Crippen molar-refractivity contribution in [2.45, 2.75) is 12.0 Å². The molecule has 2 fully saturated rings. The van der Waals surface area contributed by atoms with Gasteiger partial charge in [0.2, 0.25) is 0 Å². The van der Waals surface area contributed by atoms with Gasteiger partial charge in [-0.15, -0.1) is 6.58 Å². The predicted molar refractivity (Wildman–Crippen MR) is 135 cm³/mol. The van der Waals surface area contributed by atoms with Crippen molar-refractivity contribution in [3.8, 4) is 0 Å². The molecule has 3 aliphatic heterocycles. The van der Waals surface area contributed by atoms with Gasteiger partial charge in [0.15, 0.2) is 5.54 Å². The van der Waals surface area contributed by atoms with Gasteiger partial charge in [-0.2, -0.15) is 0 Å². The first-order valence-corrected chi connectivity index (χ1v) is 12.3. The molecule has 0 bridgehead atoms. The number of hydrogen-bond acceptors (Lipinski definition) is 6.